The van der Waals surface area contributed by atoms with Crippen molar-refractivity contribution in [1.29, 1.82) is 0 Å². The number of benzene rings is 2. The van der Waals surface area contributed by atoms with Gasteiger partial charge in [0.15, 0.2) is 0 Å². The summed E-state index contributed by atoms with van der Waals surface area (Å²) in [6.45, 7) is 9.85. The molecular weight excluding hydrogens is 384 g/mol. The lowest BCUT2D eigenvalue weighted by Gasteiger charge is -2.31. The number of amides is 1. The summed E-state index contributed by atoms with van der Waals surface area (Å²) in [5.41, 5.74) is 4.87. The minimum absolute atomic E-state index is 0.170. The first kappa shape index (κ1) is 22.9. The molecule has 2 atom stereocenters. The number of nitrogens with one attached hydrogen (secondary N) is 1. The van der Waals surface area contributed by atoms with E-state index in [1.54, 1.807) is 12.1 Å². The third-order valence-electron chi connectivity index (χ3n) is 5.14. The first-order chi connectivity index (χ1) is 13.6. The second-order valence-corrected chi connectivity index (χ2v) is 9.51. The van der Waals surface area contributed by atoms with Crippen LogP contribution in [-0.2, 0) is 14.8 Å². The summed E-state index contributed by atoms with van der Waals surface area (Å²) < 4.78 is 26.4. The Hall–Kier alpha value is -2.34. The lowest BCUT2D eigenvalue weighted by Crippen LogP contribution is -2.50. The van der Waals surface area contributed by atoms with Crippen LogP contribution in [0.15, 0.2) is 42.5 Å². The summed E-state index contributed by atoms with van der Waals surface area (Å²) in [4.78, 5) is 13.2. The molecule has 2 rings (SSSR count). The Morgan fingerprint density at radius 3 is 2.03 bits per heavy atom. The molecule has 0 heterocycles. The summed E-state index contributed by atoms with van der Waals surface area (Å²) in [5.74, 6) is -0.287. The number of hydrogen-bond donors (Lipinski definition) is 1. The van der Waals surface area contributed by atoms with Gasteiger partial charge in [-0.15, -0.1) is 0 Å². The fraction of sp³-hybridized carbons (Fsp3) is 0.435. The highest BCUT2D eigenvalue weighted by molar-refractivity contribution is 7.92. The number of aryl methyl sites for hydroxylation is 3. The number of hydrogen-bond acceptors (Lipinski definition) is 3. The van der Waals surface area contributed by atoms with E-state index >= 15 is 0 Å². The maximum atomic E-state index is 13.2. The van der Waals surface area contributed by atoms with Gasteiger partial charge in [-0.25, -0.2) is 8.42 Å². The summed E-state index contributed by atoms with van der Waals surface area (Å²) in [6, 6.07) is 12.4. The monoisotopic (exact) mass is 416 g/mol. The van der Waals surface area contributed by atoms with Gasteiger partial charge in [-0.05, 0) is 56.9 Å². The van der Waals surface area contributed by atoms with Gasteiger partial charge in [0.25, 0.3) is 0 Å². The van der Waals surface area contributed by atoms with Crippen molar-refractivity contribution in [3.63, 3.8) is 0 Å². The van der Waals surface area contributed by atoms with Gasteiger partial charge in [-0.1, -0.05) is 55.3 Å². The molecule has 5 nitrogen and oxygen atoms in total. The molecule has 0 bridgehead atoms. The van der Waals surface area contributed by atoms with Gasteiger partial charge >= 0.3 is 0 Å². The van der Waals surface area contributed by atoms with Crippen LogP contribution in [0.5, 0.6) is 0 Å². The first-order valence-corrected chi connectivity index (χ1v) is 11.9. The molecule has 2 aromatic rings. The van der Waals surface area contributed by atoms with Crippen LogP contribution in [-0.4, -0.2) is 26.6 Å². The van der Waals surface area contributed by atoms with E-state index < -0.39 is 16.1 Å². The van der Waals surface area contributed by atoms with Crippen molar-refractivity contribution >= 4 is 21.6 Å². The van der Waals surface area contributed by atoms with Gasteiger partial charge in [0.1, 0.15) is 6.04 Å². The Morgan fingerprint density at radius 1 is 0.966 bits per heavy atom. The van der Waals surface area contributed by atoms with Crippen molar-refractivity contribution in [3.05, 3.63) is 64.7 Å². The molecule has 1 N–H and O–H groups in total. The van der Waals surface area contributed by atoms with E-state index in [0.29, 0.717) is 12.1 Å². The van der Waals surface area contributed by atoms with Crippen LogP contribution in [0, 0.1) is 20.8 Å². The molecule has 2 aromatic carbocycles. The molecule has 6 heteroatoms. The second-order valence-electron chi connectivity index (χ2n) is 7.65. The molecular formula is C23H32N2O3S. The highest BCUT2D eigenvalue weighted by atomic mass is 32.2. The molecule has 0 saturated carbocycles. The van der Waals surface area contributed by atoms with E-state index in [2.05, 4.69) is 11.4 Å². The van der Waals surface area contributed by atoms with Crippen LogP contribution >= 0.6 is 0 Å². The van der Waals surface area contributed by atoms with Crippen molar-refractivity contribution in [2.45, 2.75) is 59.5 Å². The standard InChI is InChI=1S/C23H32N2O3S/c1-7-21(20-14-11-17(4)15-18(20)5)24-23(26)22(8-2)25(29(6,27)28)19-12-9-16(3)10-13-19/h9-15,21-22H,7-8H2,1-6H3,(H,24,26)/t21-,22-/m0/s1. The van der Waals surface area contributed by atoms with Crippen molar-refractivity contribution in [2.24, 2.45) is 0 Å². The second kappa shape index (κ2) is 9.44. The third-order valence-corrected chi connectivity index (χ3v) is 6.32. The SMILES string of the molecule is CC[C@H](NC(=O)[C@H](CC)N(c1ccc(C)cc1)S(C)(=O)=O)c1ccc(C)cc1C. The topological polar surface area (TPSA) is 66.5 Å². The summed E-state index contributed by atoms with van der Waals surface area (Å²) in [6.07, 6.45) is 2.23. The number of carbonyl (C=O) groups excluding carboxylic acids is 1. The summed E-state index contributed by atoms with van der Waals surface area (Å²) >= 11 is 0. The molecule has 0 saturated heterocycles. The van der Waals surface area contributed by atoms with E-state index in [4.69, 9.17) is 0 Å². The number of nitrogens with zero attached hydrogens (tertiary/aromatic N) is 1. The Labute approximate surface area is 175 Å². The zero-order valence-corrected chi connectivity index (χ0v) is 19.0. The summed E-state index contributed by atoms with van der Waals surface area (Å²) in [5, 5.41) is 3.08. The highest BCUT2D eigenvalue weighted by Gasteiger charge is 2.32. The number of anilines is 1. The largest absolute Gasteiger partial charge is 0.347 e. The first-order valence-electron chi connectivity index (χ1n) is 10.0. The van der Waals surface area contributed by atoms with Crippen molar-refractivity contribution in [3.8, 4) is 0 Å². The molecule has 0 aliphatic rings. The highest BCUT2D eigenvalue weighted by Crippen LogP contribution is 2.25. The molecule has 1 amide bonds. The van der Waals surface area contributed by atoms with Crippen LogP contribution in [0.2, 0.25) is 0 Å². The lowest BCUT2D eigenvalue weighted by molar-refractivity contribution is -0.123. The van der Waals surface area contributed by atoms with Gasteiger partial charge in [0.2, 0.25) is 15.9 Å². The van der Waals surface area contributed by atoms with Gasteiger partial charge in [0, 0.05) is 0 Å². The van der Waals surface area contributed by atoms with Gasteiger partial charge in [0.05, 0.1) is 18.0 Å². The van der Waals surface area contributed by atoms with E-state index in [9.17, 15) is 13.2 Å². The van der Waals surface area contributed by atoms with E-state index in [1.165, 1.54) is 9.87 Å². The molecule has 29 heavy (non-hydrogen) atoms. The number of rotatable bonds is 8. The van der Waals surface area contributed by atoms with Crippen LogP contribution in [0.4, 0.5) is 5.69 Å². The molecule has 0 unspecified atom stereocenters. The fourth-order valence-electron chi connectivity index (χ4n) is 3.64. The average molecular weight is 417 g/mol. The Bertz CT molecular complexity index is 953. The average Bonchev–Trinajstić information content (AvgIpc) is 2.64. The zero-order valence-electron chi connectivity index (χ0n) is 18.2. The van der Waals surface area contributed by atoms with E-state index in [1.807, 2.05) is 58.9 Å². The van der Waals surface area contributed by atoms with Crippen LogP contribution in [0.3, 0.4) is 0 Å². The van der Waals surface area contributed by atoms with E-state index in [0.717, 1.165) is 29.4 Å². The van der Waals surface area contributed by atoms with Gasteiger partial charge in [-0.2, -0.15) is 0 Å². The van der Waals surface area contributed by atoms with Gasteiger partial charge < -0.3 is 5.32 Å². The van der Waals surface area contributed by atoms with Crippen LogP contribution < -0.4 is 9.62 Å². The molecule has 0 radical (unpaired) electrons. The Balaban J connectivity index is 2.36. The molecule has 0 fully saturated rings. The van der Waals surface area contributed by atoms with Crippen molar-refractivity contribution < 1.29 is 13.2 Å². The maximum absolute atomic E-state index is 13.2. The number of sulfonamides is 1. The quantitative estimate of drug-likeness (QED) is 0.692. The van der Waals surface area contributed by atoms with E-state index in [-0.39, 0.29) is 11.9 Å². The predicted octanol–water partition coefficient (Wildman–Crippen LogP) is 4.42. The van der Waals surface area contributed by atoms with Crippen LogP contribution in [0.1, 0.15) is 55.0 Å². The maximum Gasteiger partial charge on any atom is 0.244 e. The third kappa shape index (κ3) is 5.60. The fourth-order valence-corrected chi connectivity index (χ4v) is 4.85. The van der Waals surface area contributed by atoms with Gasteiger partial charge in [-0.3, -0.25) is 9.10 Å². The Kier molecular flexibility index (Phi) is 7.47. The number of carbonyl (C=O) groups is 1. The molecule has 0 aromatic heterocycles. The minimum atomic E-state index is -3.64. The Morgan fingerprint density at radius 2 is 1.55 bits per heavy atom. The smallest absolute Gasteiger partial charge is 0.244 e. The van der Waals surface area contributed by atoms with Crippen LogP contribution in [0.25, 0.3) is 0 Å². The molecule has 158 valence electrons. The minimum Gasteiger partial charge on any atom is -0.347 e. The lowest BCUT2D eigenvalue weighted by atomic mass is 9.97. The van der Waals surface area contributed by atoms with Crippen molar-refractivity contribution in [1.82, 2.24) is 5.32 Å². The molecule has 0 aliphatic carbocycles. The molecule has 0 aliphatic heterocycles. The summed E-state index contributed by atoms with van der Waals surface area (Å²) in [7, 11) is -3.64. The normalized spacial score (nSPS) is 13.6. The molecule has 0 spiro atoms. The zero-order chi connectivity index (χ0) is 21.8. The van der Waals surface area contributed by atoms with Crippen molar-refractivity contribution in [2.75, 3.05) is 10.6 Å². The predicted molar refractivity (Wildman–Crippen MR) is 120 cm³/mol.